The molecule has 8 nitrogen and oxygen atoms in total. The molecular formula is C25H21ClF3N7O. The molecule has 190 valence electrons. The lowest BCUT2D eigenvalue weighted by Crippen LogP contribution is -2.19. The van der Waals surface area contributed by atoms with E-state index in [0.717, 1.165) is 28.9 Å². The highest BCUT2D eigenvalue weighted by Crippen LogP contribution is 2.36. The average Bonchev–Trinajstić information content (AvgIpc) is 3.54. The van der Waals surface area contributed by atoms with Crippen LogP contribution in [0.25, 0.3) is 11.0 Å². The van der Waals surface area contributed by atoms with Crippen molar-refractivity contribution in [3.8, 4) is 11.5 Å². The number of nitrogens with one attached hydrogen (secondary N) is 3. The fourth-order valence-electron chi connectivity index (χ4n) is 3.78. The molecule has 3 heterocycles. The van der Waals surface area contributed by atoms with Gasteiger partial charge in [0.1, 0.15) is 23.3 Å². The molecule has 0 amide bonds. The molecule has 0 atom stereocenters. The number of benzene rings is 2. The lowest BCUT2D eigenvalue weighted by Gasteiger charge is -2.13. The van der Waals surface area contributed by atoms with E-state index in [1.54, 1.807) is 24.4 Å². The number of anilines is 2. The Morgan fingerprint density at radius 3 is 2.73 bits per heavy atom. The molecule has 37 heavy (non-hydrogen) atoms. The molecule has 0 unspecified atom stereocenters. The minimum absolute atomic E-state index is 0.0360. The maximum absolute atomic E-state index is 13.0. The van der Waals surface area contributed by atoms with E-state index in [0.29, 0.717) is 31.1 Å². The predicted octanol–water partition coefficient (Wildman–Crippen LogP) is 6.15. The number of aromatic amines is 1. The van der Waals surface area contributed by atoms with Crippen LogP contribution in [-0.4, -0.2) is 31.3 Å². The van der Waals surface area contributed by atoms with Gasteiger partial charge in [0.25, 0.3) is 0 Å². The second kappa shape index (κ2) is 10.5. The second-order valence-corrected chi connectivity index (χ2v) is 8.53. The molecule has 0 fully saturated rings. The molecule has 5 aromatic rings. The average molecular weight is 528 g/mol. The Hall–Kier alpha value is -4.09. The Labute approximate surface area is 214 Å². The molecule has 0 aliphatic heterocycles. The van der Waals surface area contributed by atoms with E-state index < -0.39 is 11.7 Å². The normalized spacial score (nSPS) is 11.7. The topological polar surface area (TPSA) is 92.7 Å². The molecule has 0 aliphatic carbocycles. The zero-order chi connectivity index (χ0) is 25.8. The number of fused-ring (bicyclic) bond motifs is 1. The molecule has 0 aliphatic rings. The van der Waals surface area contributed by atoms with E-state index in [1.165, 1.54) is 18.5 Å². The summed E-state index contributed by atoms with van der Waals surface area (Å²) in [7, 11) is 0. The van der Waals surface area contributed by atoms with Crippen LogP contribution >= 0.6 is 11.6 Å². The molecular weight excluding hydrogens is 507 g/mol. The lowest BCUT2D eigenvalue weighted by atomic mass is 10.2. The number of alkyl halides is 3. The number of rotatable bonds is 9. The third-order valence-corrected chi connectivity index (χ3v) is 5.83. The van der Waals surface area contributed by atoms with Gasteiger partial charge in [0.2, 0.25) is 0 Å². The third kappa shape index (κ3) is 5.84. The van der Waals surface area contributed by atoms with Crippen LogP contribution in [0.4, 0.5) is 24.7 Å². The highest BCUT2D eigenvalue weighted by molar-refractivity contribution is 6.32. The minimum atomic E-state index is -4.47. The summed E-state index contributed by atoms with van der Waals surface area (Å²) in [5, 5.41) is 13.7. The number of hydrogen-bond acceptors (Lipinski definition) is 6. The van der Waals surface area contributed by atoms with Gasteiger partial charge in [-0.15, -0.1) is 0 Å². The molecule has 5 rings (SSSR count). The van der Waals surface area contributed by atoms with Crippen LogP contribution in [0.15, 0.2) is 73.3 Å². The van der Waals surface area contributed by atoms with Crippen molar-refractivity contribution in [1.29, 1.82) is 0 Å². The van der Waals surface area contributed by atoms with Gasteiger partial charge in [0.15, 0.2) is 5.82 Å². The van der Waals surface area contributed by atoms with E-state index in [9.17, 15) is 13.2 Å². The number of halogens is 4. The zero-order valence-electron chi connectivity index (χ0n) is 19.3. The smallest absolute Gasteiger partial charge is 0.416 e. The van der Waals surface area contributed by atoms with Gasteiger partial charge in [-0.3, -0.25) is 5.10 Å². The van der Waals surface area contributed by atoms with Gasteiger partial charge in [-0.2, -0.15) is 18.3 Å². The van der Waals surface area contributed by atoms with Crippen molar-refractivity contribution in [1.82, 2.24) is 30.0 Å². The van der Waals surface area contributed by atoms with Crippen LogP contribution in [0, 0.1) is 0 Å². The highest BCUT2D eigenvalue weighted by Gasteiger charge is 2.30. The Bertz CT molecular complexity index is 1500. The third-order valence-electron chi connectivity index (χ3n) is 5.54. The summed E-state index contributed by atoms with van der Waals surface area (Å²) in [5.41, 5.74) is 2.44. The molecule has 0 saturated heterocycles. The van der Waals surface area contributed by atoms with Crippen molar-refractivity contribution in [2.45, 2.75) is 19.3 Å². The van der Waals surface area contributed by atoms with Gasteiger partial charge in [0, 0.05) is 43.4 Å². The fraction of sp³-hybridized carbons (Fsp3) is 0.160. The van der Waals surface area contributed by atoms with Crippen molar-refractivity contribution in [2.75, 3.05) is 11.9 Å². The SMILES string of the molecule is FC(F)(F)c1cccc(Oc2ccc(Nc3ncnc4ccn(CCNCc5ccn[nH]5)c34)cc2Cl)c1. The molecule has 0 radical (unpaired) electrons. The maximum atomic E-state index is 13.0. The second-order valence-electron chi connectivity index (χ2n) is 8.12. The van der Waals surface area contributed by atoms with Crippen molar-refractivity contribution >= 4 is 34.1 Å². The van der Waals surface area contributed by atoms with E-state index in [-0.39, 0.29) is 16.5 Å². The van der Waals surface area contributed by atoms with Crippen molar-refractivity contribution in [2.24, 2.45) is 0 Å². The molecule has 0 spiro atoms. The van der Waals surface area contributed by atoms with Crippen LogP contribution in [0.5, 0.6) is 11.5 Å². The Kier molecular flexibility index (Phi) is 6.97. The summed E-state index contributed by atoms with van der Waals surface area (Å²) in [6, 6.07) is 13.4. The van der Waals surface area contributed by atoms with E-state index in [2.05, 4.69) is 30.8 Å². The molecule has 0 bridgehead atoms. The van der Waals surface area contributed by atoms with Crippen LogP contribution in [-0.2, 0) is 19.3 Å². The van der Waals surface area contributed by atoms with Gasteiger partial charge in [-0.05, 0) is 48.5 Å². The van der Waals surface area contributed by atoms with Crippen molar-refractivity contribution < 1.29 is 17.9 Å². The summed E-state index contributed by atoms with van der Waals surface area (Å²) < 4.78 is 46.6. The van der Waals surface area contributed by atoms with E-state index >= 15 is 0 Å². The first-order chi connectivity index (χ1) is 17.9. The van der Waals surface area contributed by atoms with Gasteiger partial charge in [-0.1, -0.05) is 17.7 Å². The minimum Gasteiger partial charge on any atom is -0.456 e. The predicted molar refractivity (Wildman–Crippen MR) is 134 cm³/mol. The molecule has 2 aromatic carbocycles. The van der Waals surface area contributed by atoms with Crippen LogP contribution in [0.1, 0.15) is 11.3 Å². The van der Waals surface area contributed by atoms with Crippen molar-refractivity contribution in [3.05, 3.63) is 89.6 Å². The standard InChI is InChI=1S/C25H21ClF3N7O/c26-20-13-17(4-5-22(20)37-19-3-1-2-16(12-19)25(27,28)29)34-24-23-21(31-15-32-24)7-10-36(23)11-9-30-14-18-6-8-33-35-18/h1-8,10,12-13,15,30H,9,11,14H2,(H,33,35)(H,31,32,34). The zero-order valence-corrected chi connectivity index (χ0v) is 20.0. The summed E-state index contributed by atoms with van der Waals surface area (Å²) >= 11 is 6.39. The van der Waals surface area contributed by atoms with Crippen LogP contribution in [0.3, 0.4) is 0 Å². The first-order valence-corrected chi connectivity index (χ1v) is 11.6. The number of ether oxygens (including phenoxy) is 1. The van der Waals surface area contributed by atoms with Crippen LogP contribution < -0.4 is 15.4 Å². The van der Waals surface area contributed by atoms with E-state index in [4.69, 9.17) is 16.3 Å². The Morgan fingerprint density at radius 2 is 1.95 bits per heavy atom. The van der Waals surface area contributed by atoms with Crippen LogP contribution in [0.2, 0.25) is 5.02 Å². The largest absolute Gasteiger partial charge is 0.456 e. The number of aromatic nitrogens is 5. The van der Waals surface area contributed by atoms with E-state index in [1.807, 2.05) is 22.9 Å². The fourth-order valence-corrected chi connectivity index (χ4v) is 4.00. The van der Waals surface area contributed by atoms with Gasteiger partial charge < -0.3 is 19.9 Å². The van der Waals surface area contributed by atoms with Gasteiger partial charge >= 0.3 is 6.18 Å². The Morgan fingerprint density at radius 1 is 1.05 bits per heavy atom. The number of nitrogens with zero attached hydrogens (tertiary/aromatic N) is 4. The first kappa shape index (κ1) is 24.6. The Balaban J connectivity index is 1.29. The monoisotopic (exact) mass is 527 g/mol. The lowest BCUT2D eigenvalue weighted by molar-refractivity contribution is -0.137. The summed E-state index contributed by atoms with van der Waals surface area (Å²) in [5.74, 6) is 0.853. The number of H-pyrrole nitrogens is 1. The summed E-state index contributed by atoms with van der Waals surface area (Å²) in [6.45, 7) is 2.07. The first-order valence-electron chi connectivity index (χ1n) is 11.3. The highest BCUT2D eigenvalue weighted by atomic mass is 35.5. The van der Waals surface area contributed by atoms with Gasteiger partial charge in [0.05, 0.1) is 16.1 Å². The maximum Gasteiger partial charge on any atom is 0.416 e. The quantitative estimate of drug-likeness (QED) is 0.199. The van der Waals surface area contributed by atoms with Gasteiger partial charge in [-0.25, -0.2) is 9.97 Å². The molecule has 3 N–H and O–H groups in total. The number of hydrogen-bond donors (Lipinski definition) is 3. The van der Waals surface area contributed by atoms with Crippen molar-refractivity contribution in [3.63, 3.8) is 0 Å². The summed E-state index contributed by atoms with van der Waals surface area (Å²) in [4.78, 5) is 8.74. The molecule has 12 heteroatoms. The summed E-state index contributed by atoms with van der Waals surface area (Å²) in [6.07, 6.45) is 0.662. The molecule has 3 aromatic heterocycles. The molecule has 0 saturated carbocycles.